The van der Waals surface area contributed by atoms with Crippen LogP contribution in [0.4, 0.5) is 0 Å². The molecule has 25 heavy (non-hydrogen) atoms. The van der Waals surface area contributed by atoms with E-state index < -0.39 is 0 Å². The van der Waals surface area contributed by atoms with Crippen molar-refractivity contribution in [1.29, 1.82) is 0 Å². The summed E-state index contributed by atoms with van der Waals surface area (Å²) < 4.78 is 1.85. The Kier molecular flexibility index (Phi) is 4.61. The molecule has 1 amide bonds. The molecule has 2 N–H and O–H groups in total. The average Bonchev–Trinajstić information content (AvgIpc) is 3.10. The van der Waals surface area contributed by atoms with E-state index in [2.05, 4.69) is 34.2 Å². The van der Waals surface area contributed by atoms with E-state index in [0.29, 0.717) is 12.1 Å². The number of rotatable bonds is 5. The Balaban J connectivity index is 1.74. The van der Waals surface area contributed by atoms with E-state index >= 15 is 0 Å². The van der Waals surface area contributed by atoms with E-state index in [9.17, 15) is 4.79 Å². The second kappa shape index (κ2) is 6.70. The molecule has 132 valence electrons. The molecule has 1 aromatic carbocycles. The minimum Gasteiger partial charge on any atom is -0.358 e. The number of hydrogen-bond acceptors (Lipinski definition) is 3. The van der Waals surface area contributed by atoms with Gasteiger partial charge in [-0.15, -0.1) is 0 Å². The molecular weight excluding hydrogens is 314 g/mol. The van der Waals surface area contributed by atoms with Crippen LogP contribution in [0.5, 0.6) is 0 Å². The summed E-state index contributed by atoms with van der Waals surface area (Å²) in [7, 11) is 0. The third-order valence-corrected chi connectivity index (χ3v) is 4.66. The van der Waals surface area contributed by atoms with Crippen molar-refractivity contribution in [3.63, 3.8) is 0 Å². The minimum atomic E-state index is -0.0677. The fourth-order valence-corrected chi connectivity index (χ4v) is 3.26. The predicted molar refractivity (Wildman–Crippen MR) is 99.0 cm³/mol. The van der Waals surface area contributed by atoms with Crippen molar-refractivity contribution >= 4 is 16.8 Å². The molecule has 0 aliphatic rings. The first-order chi connectivity index (χ1) is 11.9. The summed E-state index contributed by atoms with van der Waals surface area (Å²) in [5.41, 5.74) is 4.19. The second-order valence-electron chi connectivity index (χ2n) is 6.55. The number of amides is 1. The zero-order valence-electron chi connectivity index (χ0n) is 15.5. The average molecular weight is 339 g/mol. The van der Waals surface area contributed by atoms with Gasteiger partial charge in [0.2, 0.25) is 0 Å². The number of aromatic amines is 1. The van der Waals surface area contributed by atoms with Crippen LogP contribution in [0.3, 0.4) is 0 Å². The van der Waals surface area contributed by atoms with E-state index in [1.807, 2.05) is 43.7 Å². The fourth-order valence-electron chi connectivity index (χ4n) is 3.26. The SMILES string of the molecule is CCc1[nH]c2ccc(C(=O)NC[C@H](C)n3nc(C)nc3C)cc2c1C. The van der Waals surface area contributed by atoms with Gasteiger partial charge in [0.25, 0.3) is 5.91 Å². The van der Waals surface area contributed by atoms with E-state index in [1.54, 1.807) is 0 Å². The highest BCUT2D eigenvalue weighted by molar-refractivity contribution is 5.99. The van der Waals surface area contributed by atoms with Crippen LogP contribution < -0.4 is 5.32 Å². The van der Waals surface area contributed by atoms with E-state index in [1.165, 1.54) is 11.3 Å². The number of hydrogen-bond donors (Lipinski definition) is 2. The molecule has 2 heterocycles. The minimum absolute atomic E-state index is 0.0505. The molecule has 0 saturated heterocycles. The molecule has 1 atom stereocenters. The molecule has 2 aromatic heterocycles. The third-order valence-electron chi connectivity index (χ3n) is 4.66. The van der Waals surface area contributed by atoms with Gasteiger partial charge in [-0.2, -0.15) is 5.10 Å². The second-order valence-corrected chi connectivity index (χ2v) is 6.55. The van der Waals surface area contributed by atoms with Crippen LogP contribution in [0.15, 0.2) is 18.2 Å². The first-order valence-electron chi connectivity index (χ1n) is 8.69. The first-order valence-corrected chi connectivity index (χ1v) is 8.69. The van der Waals surface area contributed by atoms with Gasteiger partial charge in [0.15, 0.2) is 0 Å². The van der Waals surface area contributed by atoms with Crippen LogP contribution in [0, 0.1) is 20.8 Å². The van der Waals surface area contributed by atoms with Gasteiger partial charge in [-0.05, 0) is 57.9 Å². The Hall–Kier alpha value is -2.63. The Bertz CT molecular complexity index is 921. The molecule has 0 aliphatic heterocycles. The molecule has 0 unspecified atom stereocenters. The van der Waals surface area contributed by atoms with Crippen molar-refractivity contribution in [2.24, 2.45) is 0 Å². The predicted octanol–water partition coefficient (Wildman–Crippen LogP) is 3.24. The molecule has 3 aromatic rings. The van der Waals surface area contributed by atoms with Gasteiger partial charge >= 0.3 is 0 Å². The number of carbonyl (C=O) groups is 1. The van der Waals surface area contributed by atoms with E-state index in [0.717, 1.165) is 29.0 Å². The fraction of sp³-hybridized carbons (Fsp3) is 0.421. The van der Waals surface area contributed by atoms with Gasteiger partial charge < -0.3 is 10.3 Å². The Morgan fingerprint density at radius 2 is 2.08 bits per heavy atom. The lowest BCUT2D eigenvalue weighted by atomic mass is 10.1. The van der Waals surface area contributed by atoms with Crippen LogP contribution >= 0.6 is 0 Å². The lowest BCUT2D eigenvalue weighted by molar-refractivity contribution is 0.0948. The zero-order chi connectivity index (χ0) is 18.1. The smallest absolute Gasteiger partial charge is 0.251 e. The van der Waals surface area contributed by atoms with Crippen molar-refractivity contribution in [3.8, 4) is 0 Å². The molecule has 0 spiro atoms. The van der Waals surface area contributed by atoms with Gasteiger partial charge in [0.05, 0.1) is 6.04 Å². The largest absolute Gasteiger partial charge is 0.358 e. The molecule has 3 rings (SSSR count). The van der Waals surface area contributed by atoms with Gasteiger partial charge in [-0.25, -0.2) is 9.67 Å². The standard InChI is InChI=1S/C19H25N5O/c1-6-17-12(3)16-9-15(7-8-18(16)22-17)19(25)20-10-11(2)24-14(5)21-13(4)23-24/h7-9,11,22H,6,10H2,1-5H3,(H,20,25)/t11-/m0/s1. The number of nitrogens with one attached hydrogen (secondary N) is 2. The summed E-state index contributed by atoms with van der Waals surface area (Å²) in [6.07, 6.45) is 0.955. The van der Waals surface area contributed by atoms with E-state index in [-0.39, 0.29) is 11.9 Å². The Morgan fingerprint density at radius 1 is 1.32 bits per heavy atom. The molecule has 6 nitrogen and oxygen atoms in total. The molecule has 6 heteroatoms. The highest BCUT2D eigenvalue weighted by Crippen LogP contribution is 2.23. The van der Waals surface area contributed by atoms with Gasteiger partial charge in [-0.1, -0.05) is 6.92 Å². The number of benzene rings is 1. The maximum atomic E-state index is 12.5. The number of nitrogens with zero attached hydrogens (tertiary/aromatic N) is 3. The van der Waals surface area contributed by atoms with Crippen LogP contribution in [0.1, 0.15) is 53.2 Å². The van der Waals surface area contributed by atoms with Crippen LogP contribution in [0.2, 0.25) is 0 Å². The molecule has 0 radical (unpaired) electrons. The third kappa shape index (κ3) is 3.29. The Labute approximate surface area is 147 Å². The maximum Gasteiger partial charge on any atom is 0.251 e. The normalized spacial score (nSPS) is 12.5. The summed E-state index contributed by atoms with van der Waals surface area (Å²) in [5, 5.41) is 8.49. The number of fused-ring (bicyclic) bond motifs is 1. The van der Waals surface area contributed by atoms with Gasteiger partial charge in [0, 0.05) is 28.7 Å². The van der Waals surface area contributed by atoms with Crippen LogP contribution in [0.25, 0.3) is 10.9 Å². The number of aromatic nitrogens is 4. The monoisotopic (exact) mass is 339 g/mol. The highest BCUT2D eigenvalue weighted by atomic mass is 16.1. The van der Waals surface area contributed by atoms with Crippen LogP contribution in [-0.4, -0.2) is 32.2 Å². The molecule has 0 aliphatic carbocycles. The summed E-state index contributed by atoms with van der Waals surface area (Å²) in [6, 6.07) is 5.85. The Morgan fingerprint density at radius 3 is 2.72 bits per heavy atom. The number of H-pyrrole nitrogens is 1. The summed E-state index contributed by atoms with van der Waals surface area (Å²) in [4.78, 5) is 20.3. The summed E-state index contributed by atoms with van der Waals surface area (Å²) in [5.74, 6) is 1.54. The number of carbonyl (C=O) groups excluding carboxylic acids is 1. The quantitative estimate of drug-likeness (QED) is 0.749. The van der Waals surface area contributed by atoms with Crippen molar-refractivity contribution in [2.75, 3.05) is 6.54 Å². The lowest BCUT2D eigenvalue weighted by Crippen LogP contribution is -2.30. The number of aryl methyl sites for hydroxylation is 4. The first kappa shape index (κ1) is 17.2. The van der Waals surface area contributed by atoms with Crippen molar-refractivity contribution < 1.29 is 4.79 Å². The molecular formula is C19H25N5O. The maximum absolute atomic E-state index is 12.5. The molecule has 0 saturated carbocycles. The van der Waals surface area contributed by atoms with Crippen molar-refractivity contribution in [3.05, 3.63) is 46.7 Å². The summed E-state index contributed by atoms with van der Waals surface area (Å²) >= 11 is 0. The highest BCUT2D eigenvalue weighted by Gasteiger charge is 2.14. The van der Waals surface area contributed by atoms with Crippen LogP contribution in [-0.2, 0) is 6.42 Å². The zero-order valence-corrected chi connectivity index (χ0v) is 15.5. The van der Waals surface area contributed by atoms with Crippen molar-refractivity contribution in [2.45, 2.75) is 47.1 Å². The summed E-state index contributed by atoms with van der Waals surface area (Å²) in [6.45, 7) is 10.5. The van der Waals surface area contributed by atoms with E-state index in [4.69, 9.17) is 0 Å². The molecule has 0 bridgehead atoms. The van der Waals surface area contributed by atoms with Crippen molar-refractivity contribution in [1.82, 2.24) is 25.1 Å². The molecule has 0 fully saturated rings. The lowest BCUT2D eigenvalue weighted by Gasteiger charge is -2.14. The van der Waals surface area contributed by atoms with Gasteiger partial charge in [-0.3, -0.25) is 4.79 Å². The topological polar surface area (TPSA) is 75.6 Å². The van der Waals surface area contributed by atoms with Gasteiger partial charge in [0.1, 0.15) is 11.6 Å².